The lowest BCUT2D eigenvalue weighted by molar-refractivity contribution is 0.116. The minimum absolute atomic E-state index is 0.725. The Labute approximate surface area is 106 Å². The normalized spacial score (nSPS) is 24.9. The molecule has 0 atom stereocenters. The number of allylic oxidation sites excluding steroid dienone is 1. The van der Waals surface area contributed by atoms with Gasteiger partial charge >= 0.3 is 0 Å². The summed E-state index contributed by atoms with van der Waals surface area (Å²) in [5, 5.41) is 0. The smallest absolute Gasteiger partial charge is 0.0947 e. The molecule has 0 amide bonds. The number of hydrogen-bond acceptors (Lipinski definition) is 2. The van der Waals surface area contributed by atoms with E-state index in [0.717, 1.165) is 17.9 Å². The summed E-state index contributed by atoms with van der Waals surface area (Å²) in [7, 11) is 0. The zero-order valence-electron chi connectivity index (χ0n) is 11.3. The molecule has 2 heteroatoms. The molecule has 0 aromatic heterocycles. The summed E-state index contributed by atoms with van der Waals surface area (Å²) in [6, 6.07) is 1.45. The molecule has 0 radical (unpaired) electrons. The van der Waals surface area contributed by atoms with Crippen LogP contribution in [-0.4, -0.2) is 17.0 Å². The van der Waals surface area contributed by atoms with Crippen LogP contribution in [-0.2, 0) is 0 Å². The zero-order chi connectivity index (χ0) is 12.1. The Hall–Kier alpha value is -0.660. The molecule has 0 aromatic rings. The van der Waals surface area contributed by atoms with Crippen molar-refractivity contribution < 1.29 is 0 Å². The van der Waals surface area contributed by atoms with E-state index in [2.05, 4.69) is 17.9 Å². The first kappa shape index (κ1) is 12.8. The quantitative estimate of drug-likeness (QED) is 0.808. The summed E-state index contributed by atoms with van der Waals surface area (Å²) in [5.74, 6) is 1.03. The summed E-state index contributed by atoms with van der Waals surface area (Å²) >= 11 is 0. The first-order valence-electron chi connectivity index (χ1n) is 7.53. The standard InChI is InChI=1S/C15H28N2/c1-2-15(16)17(13-9-5-3-6-10-13)14-11-7-4-8-12-14/h2,13-14H,3-12,16H2,1H3/b15-2+. The van der Waals surface area contributed by atoms with Crippen LogP contribution in [0.15, 0.2) is 11.9 Å². The van der Waals surface area contributed by atoms with Crippen molar-refractivity contribution in [2.45, 2.75) is 83.2 Å². The minimum atomic E-state index is 0.725. The van der Waals surface area contributed by atoms with Gasteiger partial charge in [-0.05, 0) is 38.7 Å². The van der Waals surface area contributed by atoms with Gasteiger partial charge in [0.1, 0.15) is 0 Å². The van der Waals surface area contributed by atoms with E-state index < -0.39 is 0 Å². The maximum absolute atomic E-state index is 6.27. The van der Waals surface area contributed by atoms with Crippen LogP contribution in [0.4, 0.5) is 0 Å². The van der Waals surface area contributed by atoms with Crippen LogP contribution in [0.1, 0.15) is 71.1 Å². The van der Waals surface area contributed by atoms with E-state index in [-0.39, 0.29) is 0 Å². The van der Waals surface area contributed by atoms with Crippen molar-refractivity contribution in [3.8, 4) is 0 Å². The van der Waals surface area contributed by atoms with Gasteiger partial charge in [0.2, 0.25) is 0 Å². The number of rotatable bonds is 3. The van der Waals surface area contributed by atoms with E-state index in [9.17, 15) is 0 Å². The van der Waals surface area contributed by atoms with Crippen LogP contribution in [0, 0.1) is 0 Å². The van der Waals surface area contributed by atoms with Crippen LogP contribution in [0.3, 0.4) is 0 Å². The maximum atomic E-state index is 6.27. The maximum Gasteiger partial charge on any atom is 0.0947 e. The highest BCUT2D eigenvalue weighted by Crippen LogP contribution is 2.31. The van der Waals surface area contributed by atoms with E-state index in [4.69, 9.17) is 5.73 Å². The highest BCUT2D eigenvalue weighted by molar-refractivity contribution is 5.01. The Kier molecular flexibility index (Phi) is 4.75. The molecule has 0 saturated heterocycles. The molecule has 0 spiro atoms. The topological polar surface area (TPSA) is 29.3 Å². The molecular weight excluding hydrogens is 208 g/mol. The van der Waals surface area contributed by atoms with Gasteiger partial charge in [-0.3, -0.25) is 0 Å². The summed E-state index contributed by atoms with van der Waals surface area (Å²) in [6.45, 7) is 2.08. The van der Waals surface area contributed by atoms with Crippen LogP contribution < -0.4 is 5.73 Å². The fourth-order valence-electron chi connectivity index (χ4n) is 3.59. The van der Waals surface area contributed by atoms with Gasteiger partial charge in [0, 0.05) is 12.1 Å². The molecule has 2 fully saturated rings. The van der Waals surface area contributed by atoms with Crippen molar-refractivity contribution in [3.05, 3.63) is 11.9 Å². The Morgan fingerprint density at radius 2 is 1.29 bits per heavy atom. The Morgan fingerprint density at radius 1 is 0.882 bits per heavy atom. The molecule has 2 aliphatic carbocycles. The molecule has 0 unspecified atom stereocenters. The Bertz CT molecular complexity index is 230. The highest BCUT2D eigenvalue weighted by atomic mass is 15.2. The molecule has 0 bridgehead atoms. The molecular formula is C15H28N2. The molecule has 2 aliphatic rings. The van der Waals surface area contributed by atoms with Crippen molar-refractivity contribution in [2.75, 3.05) is 0 Å². The average molecular weight is 236 g/mol. The van der Waals surface area contributed by atoms with Crippen molar-refractivity contribution in [1.29, 1.82) is 0 Å². The molecule has 2 rings (SSSR count). The average Bonchev–Trinajstić information content (AvgIpc) is 2.41. The van der Waals surface area contributed by atoms with Gasteiger partial charge in [0.15, 0.2) is 0 Å². The third-order valence-corrected chi connectivity index (χ3v) is 4.53. The van der Waals surface area contributed by atoms with E-state index in [1.165, 1.54) is 64.2 Å². The lowest BCUT2D eigenvalue weighted by atomic mass is 9.88. The molecule has 17 heavy (non-hydrogen) atoms. The summed E-state index contributed by atoms with van der Waals surface area (Å²) in [5.41, 5.74) is 6.27. The monoisotopic (exact) mass is 236 g/mol. The molecule has 2 nitrogen and oxygen atoms in total. The Morgan fingerprint density at radius 3 is 1.65 bits per heavy atom. The van der Waals surface area contributed by atoms with E-state index >= 15 is 0 Å². The van der Waals surface area contributed by atoms with Crippen LogP contribution >= 0.6 is 0 Å². The van der Waals surface area contributed by atoms with Gasteiger partial charge in [-0.1, -0.05) is 38.5 Å². The van der Waals surface area contributed by atoms with E-state index in [0.29, 0.717) is 0 Å². The van der Waals surface area contributed by atoms with Crippen LogP contribution in [0.25, 0.3) is 0 Å². The third-order valence-electron chi connectivity index (χ3n) is 4.53. The second-order valence-corrected chi connectivity index (χ2v) is 5.70. The van der Waals surface area contributed by atoms with Crippen LogP contribution in [0.5, 0.6) is 0 Å². The molecule has 2 saturated carbocycles. The summed E-state index contributed by atoms with van der Waals surface area (Å²) in [6.07, 6.45) is 15.9. The molecule has 0 aromatic carbocycles. The molecule has 0 heterocycles. The zero-order valence-corrected chi connectivity index (χ0v) is 11.3. The number of hydrogen-bond donors (Lipinski definition) is 1. The Balaban J connectivity index is 2.05. The second-order valence-electron chi connectivity index (χ2n) is 5.70. The molecule has 2 N–H and O–H groups in total. The van der Waals surface area contributed by atoms with Gasteiger partial charge in [-0.25, -0.2) is 0 Å². The number of nitrogens with two attached hydrogens (primary N) is 1. The van der Waals surface area contributed by atoms with Crippen molar-refractivity contribution in [1.82, 2.24) is 4.90 Å². The van der Waals surface area contributed by atoms with Crippen molar-refractivity contribution >= 4 is 0 Å². The van der Waals surface area contributed by atoms with Crippen molar-refractivity contribution in [2.24, 2.45) is 5.73 Å². The summed E-state index contributed by atoms with van der Waals surface area (Å²) in [4.78, 5) is 2.58. The fraction of sp³-hybridized carbons (Fsp3) is 0.867. The van der Waals surface area contributed by atoms with Gasteiger partial charge in [0.05, 0.1) is 5.82 Å². The fourth-order valence-corrected chi connectivity index (χ4v) is 3.59. The SMILES string of the molecule is C/C=C(\N)N(C1CCCCC1)C1CCCCC1. The van der Waals surface area contributed by atoms with Gasteiger partial charge < -0.3 is 10.6 Å². The first-order valence-corrected chi connectivity index (χ1v) is 7.53. The predicted molar refractivity (Wildman–Crippen MR) is 73.5 cm³/mol. The van der Waals surface area contributed by atoms with E-state index in [1.807, 2.05) is 0 Å². The van der Waals surface area contributed by atoms with Gasteiger partial charge in [-0.15, -0.1) is 0 Å². The van der Waals surface area contributed by atoms with Gasteiger partial charge in [0.25, 0.3) is 0 Å². The van der Waals surface area contributed by atoms with E-state index in [1.54, 1.807) is 0 Å². The number of nitrogens with zero attached hydrogens (tertiary/aromatic N) is 1. The van der Waals surface area contributed by atoms with Gasteiger partial charge in [-0.2, -0.15) is 0 Å². The van der Waals surface area contributed by atoms with Crippen LogP contribution in [0.2, 0.25) is 0 Å². The second kappa shape index (κ2) is 6.32. The third kappa shape index (κ3) is 3.17. The lowest BCUT2D eigenvalue weighted by Gasteiger charge is -2.43. The van der Waals surface area contributed by atoms with Crippen molar-refractivity contribution in [3.63, 3.8) is 0 Å². The predicted octanol–water partition coefficient (Wildman–Crippen LogP) is 3.77. The lowest BCUT2D eigenvalue weighted by Crippen LogP contribution is -2.46. The largest absolute Gasteiger partial charge is 0.386 e. The molecule has 0 aliphatic heterocycles. The minimum Gasteiger partial charge on any atom is -0.386 e. The molecule has 98 valence electrons. The highest BCUT2D eigenvalue weighted by Gasteiger charge is 2.28. The summed E-state index contributed by atoms with van der Waals surface area (Å²) < 4.78 is 0. The first-order chi connectivity index (χ1) is 8.33.